The van der Waals surface area contributed by atoms with Gasteiger partial charge in [0.15, 0.2) is 0 Å². The number of amides is 1. The van der Waals surface area contributed by atoms with Crippen molar-refractivity contribution in [3.63, 3.8) is 0 Å². The molecule has 0 N–H and O–H groups in total. The molecule has 2 aliphatic heterocycles. The summed E-state index contributed by atoms with van der Waals surface area (Å²) in [5, 5.41) is 3.72. The maximum absolute atomic E-state index is 12.6. The Morgan fingerprint density at radius 2 is 1.81 bits per heavy atom. The smallest absolute Gasteiger partial charge is 0.222 e. The second-order valence-corrected chi connectivity index (χ2v) is 8.78. The van der Waals surface area contributed by atoms with Gasteiger partial charge in [-0.2, -0.15) is 0 Å². The number of hydrogen-bond donors (Lipinski definition) is 0. The molecular weight excluding hydrogens is 342 g/mol. The number of nitrogens with zero attached hydrogens (tertiary/aromatic N) is 3. The van der Waals surface area contributed by atoms with Crippen molar-refractivity contribution in [2.75, 3.05) is 46.3 Å². The lowest BCUT2D eigenvalue weighted by molar-refractivity contribution is -0.134. The van der Waals surface area contributed by atoms with Crippen molar-refractivity contribution in [3.8, 4) is 0 Å². The maximum atomic E-state index is 12.6. The molecular formula is C21H29N3OS. The number of carbonyl (C=O) groups is 1. The number of rotatable bonds is 4. The van der Waals surface area contributed by atoms with Crippen LogP contribution in [0.25, 0.3) is 10.1 Å². The summed E-state index contributed by atoms with van der Waals surface area (Å²) >= 11 is 1.85. The zero-order chi connectivity index (χ0) is 17.9. The molecule has 0 atom stereocenters. The molecule has 0 radical (unpaired) electrons. The maximum Gasteiger partial charge on any atom is 0.222 e. The predicted molar refractivity (Wildman–Crippen MR) is 109 cm³/mol. The van der Waals surface area contributed by atoms with E-state index in [-0.39, 0.29) is 0 Å². The van der Waals surface area contributed by atoms with Gasteiger partial charge in [-0.3, -0.25) is 9.69 Å². The Balaban J connectivity index is 1.26. The molecule has 0 saturated carbocycles. The van der Waals surface area contributed by atoms with E-state index in [1.165, 1.54) is 15.6 Å². The van der Waals surface area contributed by atoms with E-state index in [0.717, 1.165) is 65.1 Å². The van der Waals surface area contributed by atoms with Crippen molar-refractivity contribution in [1.29, 1.82) is 0 Å². The van der Waals surface area contributed by atoms with E-state index >= 15 is 0 Å². The normalized spacial score (nSPS) is 20.7. The molecule has 5 heteroatoms. The Kier molecular flexibility index (Phi) is 5.57. The van der Waals surface area contributed by atoms with Gasteiger partial charge in [-0.1, -0.05) is 18.2 Å². The van der Waals surface area contributed by atoms with Crippen molar-refractivity contribution in [3.05, 3.63) is 35.2 Å². The molecule has 2 saturated heterocycles. The third kappa shape index (κ3) is 4.11. The molecule has 0 aliphatic carbocycles. The van der Waals surface area contributed by atoms with Crippen LogP contribution in [0.15, 0.2) is 29.6 Å². The Bertz CT molecular complexity index is 743. The number of likely N-dealkylation sites (N-methyl/N-ethyl adjacent to an activating group) is 1. The number of hydrogen-bond acceptors (Lipinski definition) is 4. The highest BCUT2D eigenvalue weighted by atomic mass is 32.1. The Labute approximate surface area is 160 Å². The second kappa shape index (κ2) is 8.07. The molecule has 4 rings (SSSR count). The lowest BCUT2D eigenvalue weighted by atomic mass is 9.92. The first-order valence-electron chi connectivity index (χ1n) is 9.83. The molecule has 0 spiro atoms. The molecule has 1 aromatic carbocycles. The van der Waals surface area contributed by atoms with Gasteiger partial charge in [-0.15, -0.1) is 11.3 Å². The van der Waals surface area contributed by atoms with Gasteiger partial charge in [-0.05, 0) is 61.3 Å². The van der Waals surface area contributed by atoms with Crippen LogP contribution in [0.3, 0.4) is 0 Å². The molecule has 0 bridgehead atoms. The fourth-order valence-corrected chi connectivity index (χ4v) is 5.13. The molecule has 1 amide bonds. The first kappa shape index (κ1) is 18.0. The first-order chi connectivity index (χ1) is 12.7. The van der Waals surface area contributed by atoms with Gasteiger partial charge >= 0.3 is 0 Å². The van der Waals surface area contributed by atoms with Crippen LogP contribution in [0.1, 0.15) is 24.8 Å². The summed E-state index contributed by atoms with van der Waals surface area (Å²) in [5.74, 6) is 0.943. The van der Waals surface area contributed by atoms with Crippen molar-refractivity contribution >= 4 is 27.3 Å². The minimum Gasteiger partial charge on any atom is -0.340 e. The summed E-state index contributed by atoms with van der Waals surface area (Å²) in [7, 11) is 2.13. The lowest BCUT2D eigenvalue weighted by Crippen LogP contribution is -2.47. The van der Waals surface area contributed by atoms with E-state index in [1.54, 1.807) is 0 Å². The van der Waals surface area contributed by atoms with Gasteiger partial charge in [0.25, 0.3) is 0 Å². The highest BCUT2D eigenvalue weighted by Gasteiger charge is 2.25. The van der Waals surface area contributed by atoms with E-state index in [9.17, 15) is 4.79 Å². The number of benzene rings is 1. The molecule has 0 unspecified atom stereocenters. The van der Waals surface area contributed by atoms with Crippen LogP contribution >= 0.6 is 11.3 Å². The van der Waals surface area contributed by atoms with Crippen LogP contribution < -0.4 is 0 Å². The predicted octanol–water partition coefficient (Wildman–Crippen LogP) is 3.28. The van der Waals surface area contributed by atoms with Gasteiger partial charge in [0, 0.05) is 43.8 Å². The molecule has 4 nitrogen and oxygen atoms in total. The molecule has 3 heterocycles. The Hall–Kier alpha value is -1.43. The summed E-state index contributed by atoms with van der Waals surface area (Å²) < 4.78 is 1.38. The fraction of sp³-hybridized carbons (Fsp3) is 0.571. The fourth-order valence-electron chi connectivity index (χ4n) is 4.18. The van der Waals surface area contributed by atoms with Gasteiger partial charge in [0.05, 0.1) is 0 Å². The first-order valence-corrected chi connectivity index (χ1v) is 10.7. The van der Waals surface area contributed by atoms with E-state index in [0.29, 0.717) is 11.8 Å². The lowest BCUT2D eigenvalue weighted by Gasteiger charge is -2.35. The van der Waals surface area contributed by atoms with Crippen molar-refractivity contribution < 1.29 is 4.79 Å². The third-order valence-electron chi connectivity index (χ3n) is 5.98. The van der Waals surface area contributed by atoms with Crippen LogP contribution in [0.2, 0.25) is 0 Å². The number of thiophene rings is 1. The van der Waals surface area contributed by atoms with Crippen LogP contribution in [-0.2, 0) is 11.3 Å². The third-order valence-corrected chi connectivity index (χ3v) is 6.99. The van der Waals surface area contributed by atoms with Gasteiger partial charge in [-0.25, -0.2) is 0 Å². The highest BCUT2D eigenvalue weighted by Crippen LogP contribution is 2.29. The Morgan fingerprint density at radius 3 is 2.58 bits per heavy atom. The van der Waals surface area contributed by atoms with E-state index < -0.39 is 0 Å². The molecule has 2 fully saturated rings. The Morgan fingerprint density at radius 1 is 1.08 bits per heavy atom. The van der Waals surface area contributed by atoms with Crippen molar-refractivity contribution in [1.82, 2.24) is 14.7 Å². The van der Waals surface area contributed by atoms with Crippen LogP contribution in [0, 0.1) is 5.92 Å². The summed E-state index contributed by atoms with van der Waals surface area (Å²) in [6, 6.07) is 8.70. The van der Waals surface area contributed by atoms with Gasteiger partial charge < -0.3 is 9.80 Å². The van der Waals surface area contributed by atoms with Crippen molar-refractivity contribution in [2.24, 2.45) is 5.92 Å². The minimum atomic E-state index is 0.375. The zero-order valence-corrected chi connectivity index (χ0v) is 16.5. The monoisotopic (exact) mass is 371 g/mol. The summed E-state index contributed by atoms with van der Waals surface area (Å²) in [4.78, 5) is 19.5. The van der Waals surface area contributed by atoms with Gasteiger partial charge in [0.1, 0.15) is 0 Å². The van der Waals surface area contributed by atoms with Crippen LogP contribution in [0.5, 0.6) is 0 Å². The molecule has 26 heavy (non-hydrogen) atoms. The van der Waals surface area contributed by atoms with Crippen LogP contribution in [-0.4, -0.2) is 66.9 Å². The molecule has 140 valence electrons. The second-order valence-electron chi connectivity index (χ2n) is 7.86. The molecule has 2 aromatic rings. The van der Waals surface area contributed by atoms with Crippen LogP contribution in [0.4, 0.5) is 0 Å². The average Bonchev–Trinajstić information content (AvgIpc) is 3.07. The standard InChI is InChI=1S/C21H29N3OS/c1-22-10-12-24(13-11-22)21(25)14-17-6-8-23(9-7-17)15-18-16-26-20-5-3-2-4-19(18)20/h2-5,16-17H,6-15H2,1H3. The summed E-state index contributed by atoms with van der Waals surface area (Å²) in [6.45, 7) is 7.11. The van der Waals surface area contributed by atoms with E-state index in [4.69, 9.17) is 0 Å². The number of fused-ring (bicyclic) bond motifs is 1. The van der Waals surface area contributed by atoms with Crippen molar-refractivity contribution in [2.45, 2.75) is 25.8 Å². The number of carbonyl (C=O) groups excluding carboxylic acids is 1. The minimum absolute atomic E-state index is 0.375. The largest absolute Gasteiger partial charge is 0.340 e. The SMILES string of the molecule is CN1CCN(C(=O)CC2CCN(Cc3csc4ccccc34)CC2)CC1. The zero-order valence-electron chi connectivity index (χ0n) is 15.7. The average molecular weight is 372 g/mol. The molecule has 1 aromatic heterocycles. The topological polar surface area (TPSA) is 26.8 Å². The molecule has 2 aliphatic rings. The van der Waals surface area contributed by atoms with E-state index in [1.807, 2.05) is 11.3 Å². The van der Waals surface area contributed by atoms with E-state index in [2.05, 4.69) is 51.4 Å². The summed E-state index contributed by atoms with van der Waals surface area (Å²) in [6.07, 6.45) is 3.06. The quantitative estimate of drug-likeness (QED) is 0.825. The summed E-state index contributed by atoms with van der Waals surface area (Å²) in [5.41, 5.74) is 1.46. The van der Waals surface area contributed by atoms with Gasteiger partial charge in [0.2, 0.25) is 5.91 Å². The number of likely N-dealkylation sites (tertiary alicyclic amines) is 1. The number of piperazine rings is 1. The highest BCUT2D eigenvalue weighted by molar-refractivity contribution is 7.17. The number of piperidine rings is 1.